The van der Waals surface area contributed by atoms with Gasteiger partial charge in [-0.05, 0) is 107 Å². The van der Waals surface area contributed by atoms with Gasteiger partial charge in [-0.3, -0.25) is 10.5 Å². The van der Waals surface area contributed by atoms with Crippen molar-refractivity contribution < 1.29 is 39.8 Å². The zero-order valence-corrected chi connectivity index (χ0v) is 33.7. The number of hydrogen-bond donors (Lipinski definition) is 6. The molecular formula is C49H59NO8. The Bertz CT molecular complexity index is 2080. The number of rotatable bonds is 16. The van der Waals surface area contributed by atoms with Crippen LogP contribution in [0.4, 0.5) is 0 Å². The third kappa shape index (κ3) is 8.71. The first kappa shape index (κ1) is 41.2. The van der Waals surface area contributed by atoms with Gasteiger partial charge in [-0.1, -0.05) is 100 Å². The molecule has 1 fully saturated rings. The van der Waals surface area contributed by atoms with Crippen molar-refractivity contribution in [1.29, 1.82) is 0 Å². The molecule has 4 aromatic carbocycles. The fourth-order valence-electron chi connectivity index (χ4n) is 10.5. The molecule has 0 heterocycles. The second kappa shape index (κ2) is 17.9. The monoisotopic (exact) mass is 789 g/mol. The molecule has 58 heavy (non-hydrogen) atoms. The average molecular weight is 790 g/mol. The van der Waals surface area contributed by atoms with Crippen LogP contribution in [0.25, 0.3) is 0 Å². The van der Waals surface area contributed by atoms with Gasteiger partial charge in [-0.25, -0.2) is 0 Å². The number of hydrogen-bond acceptors (Lipinski definition) is 9. The van der Waals surface area contributed by atoms with Gasteiger partial charge in [0, 0.05) is 30.2 Å². The highest BCUT2D eigenvalue weighted by molar-refractivity contribution is 5.79. The first-order valence-corrected chi connectivity index (χ1v) is 21.0. The first-order valence-electron chi connectivity index (χ1n) is 21.0. The van der Waals surface area contributed by atoms with E-state index in [-0.39, 0.29) is 89.6 Å². The minimum Gasteiger partial charge on any atom is -0.508 e. The van der Waals surface area contributed by atoms with Gasteiger partial charge in [0.1, 0.15) is 24.9 Å². The number of phenolic OH excluding ortho intramolecular Hbond substituents is 4. The highest BCUT2D eigenvalue weighted by atomic mass is 16.5. The summed E-state index contributed by atoms with van der Waals surface area (Å²) in [7, 11) is 0. The Morgan fingerprint density at radius 2 is 1.72 bits per heavy atom. The van der Waals surface area contributed by atoms with Gasteiger partial charge in [0.25, 0.3) is 0 Å². The van der Waals surface area contributed by atoms with Crippen molar-refractivity contribution in [3.05, 3.63) is 119 Å². The van der Waals surface area contributed by atoms with Crippen molar-refractivity contribution in [1.82, 2.24) is 0 Å². The molecule has 0 aliphatic heterocycles. The van der Waals surface area contributed by atoms with Crippen molar-refractivity contribution in [3.63, 3.8) is 0 Å². The van der Waals surface area contributed by atoms with Crippen LogP contribution in [0.2, 0.25) is 0 Å². The zero-order valence-electron chi connectivity index (χ0n) is 33.7. The Labute approximate surface area is 342 Å². The largest absolute Gasteiger partial charge is 0.508 e. The predicted octanol–water partition coefficient (Wildman–Crippen LogP) is 9.27. The second-order valence-corrected chi connectivity index (χ2v) is 17.4. The van der Waals surface area contributed by atoms with Gasteiger partial charge >= 0.3 is 0 Å². The number of aryl methyl sites for hydroxylation is 1. The Morgan fingerprint density at radius 1 is 0.914 bits per heavy atom. The van der Waals surface area contributed by atoms with Crippen LogP contribution in [0, 0.1) is 23.7 Å². The van der Waals surface area contributed by atoms with Crippen LogP contribution < -0.4 is 15.2 Å². The quantitative estimate of drug-likeness (QED) is 0.0369. The molecule has 9 nitrogen and oxygen atoms in total. The van der Waals surface area contributed by atoms with Crippen molar-refractivity contribution >= 4 is 5.78 Å². The SMILES string of the molecule is CC(C)CCC1CCCC(c2ccccc2)(C2CC3C=CC(C(O)CC(=O)CCc4ccc(O)c(OCN)c4)C2c2cc(O)c(O)c(OCc4cccc(O)c4)c23)C1. The van der Waals surface area contributed by atoms with Crippen molar-refractivity contribution in [2.24, 2.45) is 29.4 Å². The maximum absolute atomic E-state index is 13.7. The Hall–Kier alpha value is -4.99. The summed E-state index contributed by atoms with van der Waals surface area (Å²) < 4.78 is 11.7. The van der Waals surface area contributed by atoms with E-state index in [1.54, 1.807) is 36.4 Å². The Morgan fingerprint density at radius 3 is 2.48 bits per heavy atom. The third-order valence-electron chi connectivity index (χ3n) is 13.2. The highest BCUT2D eigenvalue weighted by Gasteiger charge is 2.54. The molecule has 0 spiro atoms. The molecule has 7 N–H and O–H groups in total. The number of allylic oxidation sites excluding steroid dienone is 1. The topological polar surface area (TPSA) is 163 Å². The number of carbonyl (C=O) groups excluding carboxylic acids is 1. The maximum atomic E-state index is 13.7. The number of benzene rings is 4. The number of aromatic hydroxyl groups is 4. The summed E-state index contributed by atoms with van der Waals surface area (Å²) in [6.07, 6.45) is 11.1. The lowest BCUT2D eigenvalue weighted by Gasteiger charge is -2.53. The van der Waals surface area contributed by atoms with E-state index in [1.807, 2.05) is 6.07 Å². The van der Waals surface area contributed by atoms with Crippen molar-refractivity contribution in [2.45, 2.75) is 108 Å². The van der Waals surface area contributed by atoms with Crippen LogP contribution >= 0.6 is 0 Å². The maximum Gasteiger partial charge on any atom is 0.200 e. The molecule has 8 rings (SSSR count). The molecule has 0 radical (unpaired) electrons. The molecule has 308 valence electrons. The summed E-state index contributed by atoms with van der Waals surface area (Å²) in [6.45, 7) is 4.55. The summed E-state index contributed by atoms with van der Waals surface area (Å²) >= 11 is 0. The summed E-state index contributed by atoms with van der Waals surface area (Å²) in [5, 5.41) is 55.4. The summed E-state index contributed by atoms with van der Waals surface area (Å²) in [5.41, 5.74) is 9.75. The molecule has 7 atom stereocenters. The van der Waals surface area contributed by atoms with Crippen LogP contribution in [0.1, 0.15) is 111 Å². The normalized spacial score (nSPS) is 24.3. The van der Waals surface area contributed by atoms with E-state index in [1.165, 1.54) is 24.5 Å². The second-order valence-electron chi connectivity index (χ2n) is 17.4. The summed E-state index contributed by atoms with van der Waals surface area (Å²) in [4.78, 5) is 13.7. The van der Waals surface area contributed by atoms with E-state index in [4.69, 9.17) is 15.2 Å². The van der Waals surface area contributed by atoms with E-state index in [9.17, 15) is 30.3 Å². The molecule has 4 aromatic rings. The number of phenols is 4. The number of nitrogens with two attached hydrogens (primary N) is 1. The van der Waals surface area contributed by atoms with Crippen LogP contribution in [-0.4, -0.2) is 44.2 Å². The molecular weight excluding hydrogens is 731 g/mol. The number of carbonyl (C=O) groups is 1. The number of fused-ring (bicyclic) bond motifs is 2. The van der Waals surface area contributed by atoms with Crippen molar-refractivity contribution in [2.75, 3.05) is 6.73 Å². The zero-order chi connectivity index (χ0) is 41.0. The lowest BCUT2D eigenvalue weighted by Crippen LogP contribution is -2.47. The standard InChI is InChI=1S/C49H59NO8/c1-30(2)13-14-32-9-7-21-49(27-32,35-10-4-3-5-11-35)40-24-34-17-19-38(42(54)25-37(52)18-15-31-16-20-41(53)44(23-31)58-29-50)46(40)39-26-43(55)47(56)48(45(34)39)57-28-33-8-6-12-36(51)22-33/h3-6,8,10-12,16-17,19-20,22-23,26,30,32,34,38,40,42,46,51,53-56H,7,9,13-15,18,21,24-25,27-29,50H2,1-2H3. The minimum absolute atomic E-state index is 0.0226. The molecule has 0 aromatic heterocycles. The predicted molar refractivity (Wildman–Crippen MR) is 224 cm³/mol. The van der Waals surface area contributed by atoms with Crippen molar-refractivity contribution in [3.8, 4) is 34.5 Å². The van der Waals surface area contributed by atoms with Gasteiger partial charge in [0.15, 0.2) is 23.0 Å². The smallest absolute Gasteiger partial charge is 0.200 e. The number of Topliss-reactive ketones (excluding diaryl/α,β-unsaturated/α-hetero) is 1. The molecule has 9 heteroatoms. The molecule has 2 bridgehead atoms. The number of ether oxygens (including phenoxy) is 2. The highest BCUT2D eigenvalue weighted by Crippen LogP contribution is 2.64. The van der Waals surface area contributed by atoms with Crippen LogP contribution in [0.15, 0.2) is 91.0 Å². The average Bonchev–Trinajstić information content (AvgIpc) is 3.50. The lowest BCUT2D eigenvalue weighted by molar-refractivity contribution is -0.121. The van der Waals surface area contributed by atoms with Gasteiger partial charge in [-0.2, -0.15) is 0 Å². The van der Waals surface area contributed by atoms with Gasteiger partial charge < -0.3 is 35.0 Å². The number of aliphatic hydroxyl groups excluding tert-OH is 1. The third-order valence-corrected chi connectivity index (χ3v) is 13.2. The lowest BCUT2D eigenvalue weighted by atomic mass is 9.50. The molecule has 4 aliphatic rings. The number of aliphatic hydroxyl groups is 1. The molecule has 0 saturated heterocycles. The number of ketones is 1. The van der Waals surface area contributed by atoms with E-state index in [0.717, 1.165) is 48.8 Å². The van der Waals surface area contributed by atoms with E-state index in [0.29, 0.717) is 23.8 Å². The summed E-state index contributed by atoms with van der Waals surface area (Å²) in [6, 6.07) is 24.2. The van der Waals surface area contributed by atoms with Crippen LogP contribution in [0.3, 0.4) is 0 Å². The summed E-state index contributed by atoms with van der Waals surface area (Å²) in [5.74, 6) is 0.0865. The molecule has 0 amide bonds. The fraction of sp³-hybridized carbons (Fsp3) is 0.449. The van der Waals surface area contributed by atoms with Gasteiger partial charge in [0.2, 0.25) is 5.75 Å². The fourth-order valence-corrected chi connectivity index (χ4v) is 10.5. The Kier molecular flexibility index (Phi) is 12.7. The molecule has 7 unspecified atom stereocenters. The van der Waals surface area contributed by atoms with E-state index < -0.39 is 12.0 Å². The van der Waals surface area contributed by atoms with E-state index >= 15 is 0 Å². The molecule has 4 aliphatic carbocycles. The van der Waals surface area contributed by atoms with Crippen LogP contribution in [0.5, 0.6) is 34.5 Å². The van der Waals surface area contributed by atoms with Crippen LogP contribution in [-0.2, 0) is 23.2 Å². The van der Waals surface area contributed by atoms with E-state index in [2.05, 4.69) is 56.3 Å². The van der Waals surface area contributed by atoms with Gasteiger partial charge in [0.05, 0.1) is 6.10 Å². The molecule has 1 saturated carbocycles. The first-order chi connectivity index (χ1) is 28.0. The Balaban J connectivity index is 1.27. The minimum atomic E-state index is -1.02. The van der Waals surface area contributed by atoms with Gasteiger partial charge in [-0.15, -0.1) is 0 Å².